The number of nitrogen functional groups attached to an aromatic ring is 1. The molecule has 2 aliphatic rings. The first-order valence-electron chi connectivity index (χ1n) is 11.7. The van der Waals surface area contributed by atoms with Crippen molar-refractivity contribution in [2.24, 2.45) is 17.4 Å². The molecular formula is C23H37ClN6O3. The van der Waals surface area contributed by atoms with Gasteiger partial charge < -0.3 is 37.1 Å². The zero-order chi connectivity index (χ0) is 24.0. The number of nitrogens with two attached hydrogens (primary N) is 3. The Morgan fingerprint density at radius 2 is 1.85 bits per heavy atom. The summed E-state index contributed by atoms with van der Waals surface area (Å²) in [5.74, 6) is 0.819. The van der Waals surface area contributed by atoms with Gasteiger partial charge in [0, 0.05) is 44.8 Å². The van der Waals surface area contributed by atoms with Crippen LogP contribution < -0.4 is 27.3 Å². The Bertz CT molecular complexity index is 823. The number of likely N-dealkylation sites (tertiary alicyclic amines) is 2. The van der Waals surface area contributed by atoms with Gasteiger partial charge in [-0.3, -0.25) is 9.59 Å². The Hall–Kier alpha value is -2.07. The predicted octanol–water partition coefficient (Wildman–Crippen LogP) is 1.04. The van der Waals surface area contributed by atoms with Gasteiger partial charge in [0.1, 0.15) is 5.75 Å². The molecule has 2 amide bonds. The first-order chi connectivity index (χ1) is 15.8. The van der Waals surface area contributed by atoms with Crippen LogP contribution in [0, 0.1) is 5.92 Å². The van der Waals surface area contributed by atoms with E-state index in [1.165, 1.54) is 7.11 Å². The third kappa shape index (κ3) is 6.72. The summed E-state index contributed by atoms with van der Waals surface area (Å²) in [6.45, 7) is 4.86. The highest BCUT2D eigenvalue weighted by atomic mass is 35.5. The second-order valence-corrected chi connectivity index (χ2v) is 9.48. The van der Waals surface area contributed by atoms with E-state index in [0.717, 1.165) is 58.4 Å². The average Bonchev–Trinajstić information content (AvgIpc) is 2.82. The number of benzene rings is 1. The maximum Gasteiger partial charge on any atom is 0.255 e. The first-order valence-corrected chi connectivity index (χ1v) is 12.1. The topological polar surface area (TPSA) is 140 Å². The SMILES string of the molecule is COc1cc(N)c(Cl)cc1C(=O)NC1CCN(CC2CCN(C(=O)C(N)CCN)CC2)CC1. The number of rotatable bonds is 8. The molecule has 3 rings (SSSR count). The maximum atomic E-state index is 12.8. The molecule has 2 fully saturated rings. The van der Waals surface area contributed by atoms with Crippen LogP contribution in [0.5, 0.6) is 5.75 Å². The van der Waals surface area contributed by atoms with Crippen LogP contribution >= 0.6 is 11.6 Å². The average molecular weight is 481 g/mol. The number of carbonyl (C=O) groups is 2. The highest BCUT2D eigenvalue weighted by Crippen LogP contribution is 2.29. The van der Waals surface area contributed by atoms with Crippen molar-refractivity contribution < 1.29 is 14.3 Å². The zero-order valence-electron chi connectivity index (χ0n) is 19.4. The van der Waals surface area contributed by atoms with Crippen LogP contribution in [0.25, 0.3) is 0 Å². The van der Waals surface area contributed by atoms with E-state index in [9.17, 15) is 9.59 Å². The molecule has 0 saturated carbocycles. The summed E-state index contributed by atoms with van der Waals surface area (Å²) in [5.41, 5.74) is 18.0. The summed E-state index contributed by atoms with van der Waals surface area (Å²) in [7, 11) is 1.51. The van der Waals surface area contributed by atoms with E-state index >= 15 is 0 Å². The summed E-state index contributed by atoms with van der Waals surface area (Å²) in [6, 6.07) is 2.76. The van der Waals surface area contributed by atoms with Crippen LogP contribution in [0.3, 0.4) is 0 Å². The monoisotopic (exact) mass is 480 g/mol. The fraction of sp³-hybridized carbons (Fsp3) is 0.652. The van der Waals surface area contributed by atoms with E-state index in [1.54, 1.807) is 12.1 Å². The predicted molar refractivity (Wildman–Crippen MR) is 130 cm³/mol. The summed E-state index contributed by atoms with van der Waals surface area (Å²) in [4.78, 5) is 29.5. The van der Waals surface area contributed by atoms with Gasteiger partial charge in [0.2, 0.25) is 5.91 Å². The minimum atomic E-state index is -0.481. The van der Waals surface area contributed by atoms with E-state index in [1.807, 2.05) is 4.90 Å². The minimum Gasteiger partial charge on any atom is -0.496 e. The number of nitrogens with zero attached hydrogens (tertiary/aromatic N) is 2. The lowest BCUT2D eigenvalue weighted by molar-refractivity contribution is -0.134. The number of amides is 2. The van der Waals surface area contributed by atoms with Crippen molar-refractivity contribution >= 4 is 29.1 Å². The fourth-order valence-corrected chi connectivity index (χ4v) is 4.84. The number of halogens is 1. The molecule has 2 aliphatic heterocycles. The molecular weight excluding hydrogens is 444 g/mol. The van der Waals surface area contributed by atoms with Gasteiger partial charge in [-0.15, -0.1) is 0 Å². The maximum absolute atomic E-state index is 12.8. The molecule has 184 valence electrons. The molecule has 1 atom stereocenters. The molecule has 1 unspecified atom stereocenters. The zero-order valence-corrected chi connectivity index (χ0v) is 20.2. The van der Waals surface area contributed by atoms with Gasteiger partial charge in [-0.2, -0.15) is 0 Å². The molecule has 33 heavy (non-hydrogen) atoms. The Kier molecular flexibility index (Phi) is 9.19. The molecule has 0 radical (unpaired) electrons. The van der Waals surface area contributed by atoms with Gasteiger partial charge in [-0.05, 0) is 50.6 Å². The Morgan fingerprint density at radius 1 is 1.18 bits per heavy atom. The lowest BCUT2D eigenvalue weighted by Crippen LogP contribution is -2.50. The molecule has 7 N–H and O–H groups in total. The van der Waals surface area contributed by atoms with Crippen LogP contribution in [-0.2, 0) is 4.79 Å². The first kappa shape index (κ1) is 25.6. The van der Waals surface area contributed by atoms with Crippen molar-refractivity contribution in [3.63, 3.8) is 0 Å². The third-order valence-electron chi connectivity index (χ3n) is 6.72. The van der Waals surface area contributed by atoms with Crippen LogP contribution in [0.15, 0.2) is 12.1 Å². The minimum absolute atomic E-state index is 0.0227. The van der Waals surface area contributed by atoms with Gasteiger partial charge >= 0.3 is 0 Å². The lowest BCUT2D eigenvalue weighted by atomic mass is 9.94. The molecule has 2 saturated heterocycles. The van der Waals surface area contributed by atoms with Crippen LogP contribution in [0.4, 0.5) is 5.69 Å². The van der Waals surface area contributed by atoms with Crippen molar-refractivity contribution in [1.29, 1.82) is 0 Å². The van der Waals surface area contributed by atoms with Crippen molar-refractivity contribution in [3.8, 4) is 5.75 Å². The quantitative estimate of drug-likeness (QED) is 0.407. The Balaban J connectivity index is 1.42. The second kappa shape index (κ2) is 11.9. The third-order valence-corrected chi connectivity index (χ3v) is 7.05. The normalized spacial score (nSPS) is 19.3. The highest BCUT2D eigenvalue weighted by molar-refractivity contribution is 6.33. The second-order valence-electron chi connectivity index (χ2n) is 9.07. The van der Waals surface area contributed by atoms with Crippen LogP contribution in [0.1, 0.15) is 42.5 Å². The van der Waals surface area contributed by atoms with Crippen molar-refractivity contribution in [1.82, 2.24) is 15.1 Å². The number of methoxy groups -OCH3 is 1. The van der Waals surface area contributed by atoms with Crippen molar-refractivity contribution in [2.45, 2.75) is 44.2 Å². The van der Waals surface area contributed by atoms with Crippen molar-refractivity contribution in [2.75, 3.05) is 52.1 Å². The number of piperidine rings is 2. The largest absolute Gasteiger partial charge is 0.496 e. The smallest absolute Gasteiger partial charge is 0.255 e. The molecule has 10 heteroatoms. The number of carbonyl (C=O) groups excluding carboxylic acids is 2. The highest BCUT2D eigenvalue weighted by Gasteiger charge is 2.29. The summed E-state index contributed by atoms with van der Waals surface area (Å²) in [5, 5.41) is 3.45. The van der Waals surface area contributed by atoms with Gasteiger partial charge in [0.05, 0.1) is 29.4 Å². The fourth-order valence-electron chi connectivity index (χ4n) is 4.68. The number of hydrogen-bond acceptors (Lipinski definition) is 7. The molecule has 0 aromatic heterocycles. The molecule has 1 aromatic rings. The summed E-state index contributed by atoms with van der Waals surface area (Å²) >= 11 is 6.10. The molecule has 1 aromatic carbocycles. The molecule has 0 bridgehead atoms. The summed E-state index contributed by atoms with van der Waals surface area (Å²) < 4.78 is 5.30. The van der Waals surface area contributed by atoms with Crippen LogP contribution in [0.2, 0.25) is 5.02 Å². The Labute approximate surface area is 200 Å². The van der Waals surface area contributed by atoms with Gasteiger partial charge in [-0.1, -0.05) is 11.6 Å². The molecule has 0 spiro atoms. The van der Waals surface area contributed by atoms with Crippen LogP contribution in [-0.4, -0.2) is 80.1 Å². The van der Waals surface area contributed by atoms with Gasteiger partial charge in [-0.25, -0.2) is 0 Å². The number of ether oxygens (including phenoxy) is 1. The Morgan fingerprint density at radius 3 is 2.45 bits per heavy atom. The van der Waals surface area contributed by atoms with E-state index < -0.39 is 6.04 Å². The molecule has 0 aliphatic carbocycles. The van der Waals surface area contributed by atoms with E-state index in [2.05, 4.69) is 10.2 Å². The lowest BCUT2D eigenvalue weighted by Gasteiger charge is -2.38. The van der Waals surface area contributed by atoms with Crippen molar-refractivity contribution in [3.05, 3.63) is 22.7 Å². The van der Waals surface area contributed by atoms with Gasteiger partial charge in [0.25, 0.3) is 5.91 Å². The van der Waals surface area contributed by atoms with E-state index in [-0.39, 0.29) is 17.9 Å². The number of hydrogen-bond donors (Lipinski definition) is 4. The number of anilines is 1. The summed E-state index contributed by atoms with van der Waals surface area (Å²) in [6.07, 6.45) is 4.30. The number of nitrogens with one attached hydrogen (secondary N) is 1. The molecule has 9 nitrogen and oxygen atoms in total. The van der Waals surface area contributed by atoms with E-state index in [0.29, 0.717) is 40.9 Å². The van der Waals surface area contributed by atoms with Gasteiger partial charge in [0.15, 0.2) is 0 Å². The van der Waals surface area contributed by atoms with E-state index in [4.69, 9.17) is 33.5 Å². The molecule has 2 heterocycles. The standard InChI is InChI=1S/C23H37ClN6O3/c1-33-21-13-20(27)18(24)12-17(21)22(31)28-16-5-8-29(9-6-16)14-15-3-10-30(11-4-15)23(32)19(26)2-7-25/h12-13,15-16,19H,2-11,14,25-27H2,1H3,(H,28,31).